The van der Waals surface area contributed by atoms with E-state index in [1.165, 1.54) is 0 Å². The van der Waals surface area contributed by atoms with E-state index in [4.69, 9.17) is 16.7 Å². The zero-order valence-corrected chi connectivity index (χ0v) is 18.0. The Labute approximate surface area is 194 Å². The summed E-state index contributed by atoms with van der Waals surface area (Å²) in [4.78, 5) is 19.7. The number of hydrogen-bond donors (Lipinski definition) is 1. The molecule has 0 amide bonds. The molecule has 0 unspecified atom stereocenters. The van der Waals surface area contributed by atoms with Crippen LogP contribution in [-0.4, -0.2) is 19.7 Å². The van der Waals surface area contributed by atoms with Gasteiger partial charge in [0, 0.05) is 22.3 Å². The van der Waals surface area contributed by atoms with Gasteiger partial charge in [0.05, 0.1) is 27.9 Å². The molecule has 0 spiro atoms. The fourth-order valence-electron chi connectivity index (χ4n) is 3.56. The van der Waals surface area contributed by atoms with E-state index < -0.39 is 0 Å². The van der Waals surface area contributed by atoms with Crippen LogP contribution in [-0.2, 0) is 0 Å². The second-order valence-electron chi connectivity index (χ2n) is 7.32. The van der Waals surface area contributed by atoms with Crippen molar-refractivity contribution in [2.24, 2.45) is 0 Å². The molecule has 7 heteroatoms. The lowest BCUT2D eigenvalue weighted by atomic mass is 10.1. The van der Waals surface area contributed by atoms with E-state index in [9.17, 15) is 10.1 Å². The number of halogens is 1. The van der Waals surface area contributed by atoms with Crippen molar-refractivity contribution < 1.29 is 0 Å². The van der Waals surface area contributed by atoms with Crippen molar-refractivity contribution in [1.82, 2.24) is 19.7 Å². The lowest BCUT2D eigenvalue weighted by Gasteiger charge is -2.03. The lowest BCUT2D eigenvalue weighted by Crippen LogP contribution is -2.11. The summed E-state index contributed by atoms with van der Waals surface area (Å²) in [5.41, 5.74) is 3.55. The SMILES string of the molecule is N#CC(=Cc1cn(-c2ccccc2)nc1-c1ccc(Cl)cc1)c1nc2ccccc2c(=O)[nH]1. The van der Waals surface area contributed by atoms with Crippen LogP contribution >= 0.6 is 11.6 Å². The van der Waals surface area contributed by atoms with Crippen molar-refractivity contribution >= 4 is 34.2 Å². The minimum atomic E-state index is -0.297. The van der Waals surface area contributed by atoms with Gasteiger partial charge in [0.25, 0.3) is 5.56 Å². The average Bonchev–Trinajstić information content (AvgIpc) is 3.27. The highest BCUT2D eigenvalue weighted by atomic mass is 35.5. The molecule has 0 atom stereocenters. The number of fused-ring (bicyclic) bond motifs is 1. The number of nitrogens with one attached hydrogen (secondary N) is 1. The zero-order valence-electron chi connectivity index (χ0n) is 17.2. The maximum atomic E-state index is 12.5. The van der Waals surface area contributed by atoms with Crippen LogP contribution in [0.25, 0.3) is 39.5 Å². The van der Waals surface area contributed by atoms with Gasteiger partial charge in [0.2, 0.25) is 0 Å². The van der Waals surface area contributed by atoms with Crippen molar-refractivity contribution in [3.63, 3.8) is 0 Å². The molecule has 2 aromatic heterocycles. The summed E-state index contributed by atoms with van der Waals surface area (Å²) in [6.07, 6.45) is 3.53. The third kappa shape index (κ3) is 4.05. The Hall–Kier alpha value is -4.47. The van der Waals surface area contributed by atoms with Crippen molar-refractivity contribution in [3.05, 3.63) is 112 Å². The maximum Gasteiger partial charge on any atom is 0.259 e. The van der Waals surface area contributed by atoms with Gasteiger partial charge in [-0.1, -0.05) is 54.1 Å². The summed E-state index contributed by atoms with van der Waals surface area (Å²) < 4.78 is 1.75. The maximum absolute atomic E-state index is 12.5. The Bertz CT molecular complexity index is 1590. The number of benzene rings is 3. The van der Waals surface area contributed by atoms with Gasteiger partial charge in [0.15, 0.2) is 5.82 Å². The summed E-state index contributed by atoms with van der Waals surface area (Å²) in [5, 5.41) is 15.7. The van der Waals surface area contributed by atoms with E-state index in [1.54, 1.807) is 47.2 Å². The number of nitrogens with zero attached hydrogens (tertiary/aromatic N) is 4. The Balaban J connectivity index is 1.68. The van der Waals surface area contributed by atoms with Crippen molar-refractivity contribution in [2.45, 2.75) is 0 Å². The topological polar surface area (TPSA) is 87.4 Å². The highest BCUT2D eigenvalue weighted by Gasteiger charge is 2.14. The number of aromatic nitrogens is 4. The van der Waals surface area contributed by atoms with Crippen LogP contribution in [0.4, 0.5) is 0 Å². The lowest BCUT2D eigenvalue weighted by molar-refractivity contribution is 0.884. The molecule has 0 fully saturated rings. The van der Waals surface area contributed by atoms with Crippen LogP contribution < -0.4 is 5.56 Å². The highest BCUT2D eigenvalue weighted by Crippen LogP contribution is 2.28. The van der Waals surface area contributed by atoms with E-state index in [0.29, 0.717) is 27.2 Å². The molecular weight excluding hydrogens is 434 g/mol. The summed E-state index contributed by atoms with van der Waals surface area (Å²) in [5.74, 6) is 0.204. The Morgan fingerprint density at radius 1 is 1.00 bits per heavy atom. The van der Waals surface area contributed by atoms with Gasteiger partial charge in [-0.15, -0.1) is 0 Å². The van der Waals surface area contributed by atoms with Crippen LogP contribution in [0.3, 0.4) is 0 Å². The molecule has 1 N–H and O–H groups in total. The summed E-state index contributed by atoms with van der Waals surface area (Å²) in [6, 6.07) is 26.2. The summed E-state index contributed by atoms with van der Waals surface area (Å²) >= 11 is 6.07. The molecule has 0 aliphatic rings. The molecule has 2 heterocycles. The Morgan fingerprint density at radius 2 is 1.73 bits per heavy atom. The van der Waals surface area contributed by atoms with Crippen LogP contribution in [0.1, 0.15) is 11.4 Å². The van der Waals surface area contributed by atoms with Crippen LogP contribution in [0.15, 0.2) is 89.9 Å². The number of para-hydroxylation sites is 2. The molecule has 6 nitrogen and oxygen atoms in total. The fourth-order valence-corrected chi connectivity index (χ4v) is 3.69. The standard InChI is InChI=1S/C26H16ClN5O/c27-20-12-10-17(11-13-20)24-19(16-32(31-24)21-6-2-1-3-7-21)14-18(15-28)25-29-23-9-5-4-8-22(23)26(33)30-25/h1-14,16H,(H,29,30,33). The second kappa shape index (κ2) is 8.58. The minimum Gasteiger partial charge on any atom is -0.305 e. The second-order valence-corrected chi connectivity index (χ2v) is 7.76. The predicted molar refractivity (Wildman–Crippen MR) is 130 cm³/mol. The zero-order chi connectivity index (χ0) is 22.8. The van der Waals surface area contributed by atoms with Gasteiger partial charge in [0.1, 0.15) is 6.07 Å². The molecule has 0 bridgehead atoms. The van der Waals surface area contributed by atoms with Crippen molar-refractivity contribution in [2.75, 3.05) is 0 Å². The summed E-state index contributed by atoms with van der Waals surface area (Å²) in [7, 11) is 0. The molecule has 0 saturated carbocycles. The molecule has 0 aliphatic carbocycles. The largest absolute Gasteiger partial charge is 0.305 e. The van der Waals surface area contributed by atoms with Crippen molar-refractivity contribution in [3.8, 4) is 23.0 Å². The van der Waals surface area contributed by atoms with E-state index in [1.807, 2.05) is 48.7 Å². The number of hydrogen-bond acceptors (Lipinski definition) is 4. The third-order valence-electron chi connectivity index (χ3n) is 5.17. The fraction of sp³-hybridized carbons (Fsp3) is 0. The first-order valence-corrected chi connectivity index (χ1v) is 10.5. The van der Waals surface area contributed by atoms with E-state index in [0.717, 1.165) is 11.3 Å². The van der Waals surface area contributed by atoms with Gasteiger partial charge in [-0.2, -0.15) is 10.4 Å². The number of allylic oxidation sites excluding steroid dienone is 1. The van der Waals surface area contributed by atoms with Gasteiger partial charge in [-0.05, 0) is 42.5 Å². The number of H-pyrrole nitrogens is 1. The summed E-state index contributed by atoms with van der Waals surface area (Å²) in [6.45, 7) is 0. The van der Waals surface area contributed by atoms with E-state index >= 15 is 0 Å². The predicted octanol–water partition coefficient (Wildman–Crippen LogP) is 5.49. The molecule has 5 aromatic rings. The van der Waals surface area contributed by atoms with Crippen molar-refractivity contribution in [1.29, 1.82) is 5.26 Å². The monoisotopic (exact) mass is 449 g/mol. The first kappa shape index (κ1) is 20.4. The smallest absolute Gasteiger partial charge is 0.259 e. The number of aromatic amines is 1. The quantitative estimate of drug-likeness (QED) is 0.367. The Morgan fingerprint density at radius 3 is 2.48 bits per heavy atom. The first-order valence-electron chi connectivity index (χ1n) is 10.1. The molecule has 158 valence electrons. The van der Waals surface area contributed by atoms with Gasteiger partial charge >= 0.3 is 0 Å². The van der Waals surface area contributed by atoms with Crippen LogP contribution in [0.2, 0.25) is 5.02 Å². The van der Waals surface area contributed by atoms with E-state index in [2.05, 4.69) is 16.0 Å². The first-order chi connectivity index (χ1) is 16.1. The highest BCUT2D eigenvalue weighted by molar-refractivity contribution is 6.30. The van der Waals surface area contributed by atoms with Gasteiger partial charge in [-0.25, -0.2) is 9.67 Å². The molecule has 0 radical (unpaired) electrons. The molecule has 33 heavy (non-hydrogen) atoms. The molecule has 5 rings (SSSR count). The normalized spacial score (nSPS) is 11.5. The minimum absolute atomic E-state index is 0.204. The molecule has 0 saturated heterocycles. The van der Waals surface area contributed by atoms with E-state index in [-0.39, 0.29) is 17.0 Å². The average molecular weight is 450 g/mol. The molecular formula is C26H16ClN5O. The third-order valence-corrected chi connectivity index (χ3v) is 5.42. The van der Waals surface area contributed by atoms with Crippen LogP contribution in [0, 0.1) is 11.3 Å². The van der Waals surface area contributed by atoms with Gasteiger partial charge in [-0.3, -0.25) is 4.79 Å². The molecule has 0 aliphatic heterocycles. The number of rotatable bonds is 4. The van der Waals surface area contributed by atoms with Gasteiger partial charge < -0.3 is 4.98 Å². The number of nitriles is 1. The van der Waals surface area contributed by atoms with Crippen LogP contribution in [0.5, 0.6) is 0 Å². The molecule has 3 aromatic carbocycles. The Kier molecular flexibility index (Phi) is 5.31.